The summed E-state index contributed by atoms with van der Waals surface area (Å²) in [6.07, 6.45) is 6.44. The molecule has 2 amide bonds. The van der Waals surface area contributed by atoms with Gasteiger partial charge in [-0.1, -0.05) is 30.3 Å². The van der Waals surface area contributed by atoms with E-state index in [1.54, 1.807) is 6.20 Å². The molecule has 1 aromatic heterocycles. The molecular formula is C22H25N3O2. The molecule has 3 fully saturated rings. The van der Waals surface area contributed by atoms with Crippen LogP contribution in [0.1, 0.15) is 25.7 Å². The van der Waals surface area contributed by atoms with Gasteiger partial charge >= 0.3 is 6.03 Å². The van der Waals surface area contributed by atoms with Crippen molar-refractivity contribution in [3.63, 3.8) is 0 Å². The van der Waals surface area contributed by atoms with E-state index in [4.69, 9.17) is 4.74 Å². The molecule has 1 N–H and O–H groups in total. The predicted octanol–water partition coefficient (Wildman–Crippen LogP) is 4.17. The number of nitrogens with one attached hydrogen (secondary N) is 1. The molecule has 0 radical (unpaired) electrons. The van der Waals surface area contributed by atoms with Gasteiger partial charge in [-0.3, -0.25) is 4.98 Å². The Morgan fingerprint density at radius 1 is 1.15 bits per heavy atom. The smallest absolute Gasteiger partial charge is 0.322 e. The van der Waals surface area contributed by atoms with Crippen LogP contribution >= 0.6 is 0 Å². The third-order valence-corrected chi connectivity index (χ3v) is 6.35. The Balaban J connectivity index is 1.31. The normalized spacial score (nSPS) is 23.7. The zero-order chi connectivity index (χ0) is 18.3. The lowest BCUT2D eigenvalue weighted by Crippen LogP contribution is -2.69. The van der Waals surface area contributed by atoms with Crippen molar-refractivity contribution in [3.8, 4) is 11.3 Å². The highest BCUT2D eigenvalue weighted by Gasteiger charge is 2.59. The van der Waals surface area contributed by atoms with Gasteiger partial charge in [0.25, 0.3) is 0 Å². The lowest BCUT2D eigenvalue weighted by molar-refractivity contribution is -0.115. The van der Waals surface area contributed by atoms with Crippen LogP contribution in [0.25, 0.3) is 11.3 Å². The summed E-state index contributed by atoms with van der Waals surface area (Å²) in [5.74, 6) is 0.680. The van der Waals surface area contributed by atoms with Gasteiger partial charge in [-0.2, -0.15) is 0 Å². The maximum absolute atomic E-state index is 13.0. The van der Waals surface area contributed by atoms with E-state index in [0.717, 1.165) is 49.5 Å². The number of aromatic nitrogens is 1. The van der Waals surface area contributed by atoms with Crippen LogP contribution in [-0.4, -0.2) is 41.7 Å². The Hall–Kier alpha value is -2.40. The number of pyridine rings is 1. The first-order valence-electron chi connectivity index (χ1n) is 9.92. The number of carbonyl (C=O) groups is 1. The van der Waals surface area contributed by atoms with Crippen LogP contribution in [0.4, 0.5) is 10.5 Å². The van der Waals surface area contributed by atoms with Crippen LogP contribution in [0, 0.1) is 11.3 Å². The van der Waals surface area contributed by atoms with Gasteiger partial charge in [-0.05, 0) is 43.7 Å². The summed E-state index contributed by atoms with van der Waals surface area (Å²) in [7, 11) is 0. The van der Waals surface area contributed by atoms with Crippen molar-refractivity contribution in [1.82, 2.24) is 9.88 Å². The minimum atomic E-state index is 0.0224. The van der Waals surface area contributed by atoms with Gasteiger partial charge in [0.1, 0.15) is 0 Å². The van der Waals surface area contributed by atoms with Crippen molar-refractivity contribution in [3.05, 3.63) is 48.7 Å². The third-order valence-electron chi connectivity index (χ3n) is 6.35. The topological polar surface area (TPSA) is 54.5 Å². The Kier molecular flexibility index (Phi) is 4.12. The van der Waals surface area contributed by atoms with Gasteiger partial charge in [-0.25, -0.2) is 4.79 Å². The number of carbonyl (C=O) groups excluding carboxylic acids is 1. The van der Waals surface area contributed by atoms with E-state index in [2.05, 4.69) is 15.2 Å². The average Bonchev–Trinajstić information content (AvgIpc) is 3.52. The van der Waals surface area contributed by atoms with Gasteiger partial charge < -0.3 is 15.0 Å². The standard InChI is InChI=1S/C22H25N3O2/c26-21(24-18-8-11-23-19(14-18)16-4-2-1-3-5-16)25-15-22(9-12-27-13-10-22)20(25)17-6-7-17/h1-5,8,11,14,17,20H,6-7,9-10,12-13,15H2,(H,23,24,26). The van der Waals surface area contributed by atoms with Crippen molar-refractivity contribution >= 4 is 11.7 Å². The molecule has 0 bridgehead atoms. The van der Waals surface area contributed by atoms with Crippen LogP contribution in [0.2, 0.25) is 0 Å². The number of amides is 2. The van der Waals surface area contributed by atoms with Gasteiger partial charge in [0.15, 0.2) is 0 Å². The first-order valence-corrected chi connectivity index (χ1v) is 9.92. The third kappa shape index (κ3) is 3.10. The molecule has 2 aromatic rings. The van der Waals surface area contributed by atoms with Gasteiger partial charge in [0.05, 0.1) is 5.69 Å². The number of benzene rings is 1. The van der Waals surface area contributed by atoms with Crippen molar-refractivity contribution in [2.24, 2.45) is 11.3 Å². The van der Waals surface area contributed by atoms with E-state index in [0.29, 0.717) is 17.4 Å². The highest BCUT2D eigenvalue weighted by Crippen LogP contribution is 2.54. The molecule has 27 heavy (non-hydrogen) atoms. The molecule has 2 saturated heterocycles. The van der Waals surface area contributed by atoms with E-state index in [-0.39, 0.29) is 6.03 Å². The molecular weight excluding hydrogens is 338 g/mol. The molecule has 2 aliphatic heterocycles. The largest absolute Gasteiger partial charge is 0.381 e. The number of rotatable bonds is 3. The van der Waals surface area contributed by atoms with Crippen LogP contribution in [0.5, 0.6) is 0 Å². The molecule has 1 atom stereocenters. The fourth-order valence-electron chi connectivity index (χ4n) is 4.82. The molecule has 1 spiro atoms. The zero-order valence-corrected chi connectivity index (χ0v) is 15.4. The number of ether oxygens (including phenoxy) is 1. The van der Waals surface area contributed by atoms with E-state index >= 15 is 0 Å². The lowest BCUT2D eigenvalue weighted by atomic mass is 9.64. The van der Waals surface area contributed by atoms with Gasteiger partial charge in [-0.15, -0.1) is 0 Å². The first-order chi connectivity index (χ1) is 13.3. The second kappa shape index (κ2) is 6.64. The molecule has 1 unspecified atom stereocenters. The monoisotopic (exact) mass is 363 g/mol. The summed E-state index contributed by atoms with van der Waals surface area (Å²) in [5, 5.41) is 3.10. The van der Waals surface area contributed by atoms with Gasteiger partial charge in [0, 0.05) is 48.7 Å². The zero-order valence-electron chi connectivity index (χ0n) is 15.4. The number of hydrogen-bond donors (Lipinski definition) is 1. The van der Waals surface area contributed by atoms with Crippen molar-refractivity contribution < 1.29 is 9.53 Å². The highest BCUT2D eigenvalue weighted by molar-refractivity contribution is 5.91. The average molecular weight is 363 g/mol. The van der Waals surface area contributed by atoms with E-state index < -0.39 is 0 Å². The van der Waals surface area contributed by atoms with Crippen molar-refractivity contribution in [1.29, 1.82) is 0 Å². The molecule has 5 heteroatoms. The molecule has 5 nitrogen and oxygen atoms in total. The number of nitrogens with zero attached hydrogens (tertiary/aromatic N) is 2. The quantitative estimate of drug-likeness (QED) is 0.890. The highest BCUT2D eigenvalue weighted by atomic mass is 16.5. The number of anilines is 1. The Bertz CT molecular complexity index is 828. The number of likely N-dealkylation sites (tertiary alicyclic amines) is 1. The second-order valence-corrected chi connectivity index (χ2v) is 8.11. The molecule has 1 aromatic carbocycles. The minimum Gasteiger partial charge on any atom is -0.381 e. The molecule has 1 saturated carbocycles. The van der Waals surface area contributed by atoms with Crippen LogP contribution in [0.15, 0.2) is 48.7 Å². The van der Waals surface area contributed by atoms with Crippen molar-refractivity contribution in [2.75, 3.05) is 25.1 Å². The Labute approximate surface area is 159 Å². The fraction of sp³-hybridized carbons (Fsp3) is 0.455. The Morgan fingerprint density at radius 2 is 1.93 bits per heavy atom. The van der Waals surface area contributed by atoms with Gasteiger partial charge in [0.2, 0.25) is 0 Å². The van der Waals surface area contributed by atoms with E-state index in [9.17, 15) is 4.79 Å². The van der Waals surface area contributed by atoms with E-state index in [1.807, 2.05) is 42.5 Å². The van der Waals surface area contributed by atoms with Crippen LogP contribution in [-0.2, 0) is 4.74 Å². The minimum absolute atomic E-state index is 0.0224. The molecule has 140 valence electrons. The first kappa shape index (κ1) is 16.8. The SMILES string of the molecule is O=C(Nc1ccnc(-c2ccccc2)c1)N1CC2(CCOCC2)C1C1CC1. The van der Waals surface area contributed by atoms with E-state index in [1.165, 1.54) is 12.8 Å². The van der Waals surface area contributed by atoms with Crippen LogP contribution < -0.4 is 5.32 Å². The molecule has 3 heterocycles. The molecule has 3 aliphatic rings. The number of hydrogen-bond acceptors (Lipinski definition) is 3. The molecule has 5 rings (SSSR count). The summed E-state index contributed by atoms with van der Waals surface area (Å²) in [6, 6.07) is 14.3. The summed E-state index contributed by atoms with van der Waals surface area (Å²) in [4.78, 5) is 19.5. The summed E-state index contributed by atoms with van der Waals surface area (Å²) in [6.45, 7) is 2.53. The summed E-state index contributed by atoms with van der Waals surface area (Å²) >= 11 is 0. The van der Waals surface area contributed by atoms with Crippen LogP contribution in [0.3, 0.4) is 0 Å². The predicted molar refractivity (Wildman–Crippen MR) is 104 cm³/mol. The molecule has 1 aliphatic carbocycles. The second-order valence-electron chi connectivity index (χ2n) is 8.11. The fourth-order valence-corrected chi connectivity index (χ4v) is 4.82. The maximum atomic E-state index is 13.0. The maximum Gasteiger partial charge on any atom is 0.322 e. The number of urea groups is 1. The van der Waals surface area contributed by atoms with Crippen molar-refractivity contribution in [2.45, 2.75) is 31.7 Å². The summed E-state index contributed by atoms with van der Waals surface area (Å²) < 4.78 is 5.57. The lowest BCUT2D eigenvalue weighted by Gasteiger charge is -2.59. The summed E-state index contributed by atoms with van der Waals surface area (Å²) in [5.41, 5.74) is 3.02. The Morgan fingerprint density at radius 3 is 2.67 bits per heavy atom.